The molecule has 114 valence electrons. The zero-order chi connectivity index (χ0) is 15.2. The number of nitro groups is 1. The zero-order valence-electron chi connectivity index (χ0n) is 12.0. The van der Waals surface area contributed by atoms with Gasteiger partial charge in [-0.1, -0.05) is 0 Å². The SMILES string of the molecule is CNCCC(=O)N1CCN(c2ccc([N+](=O)[O-])nc2)CC1. The third-order valence-electron chi connectivity index (χ3n) is 3.51. The fourth-order valence-electron chi connectivity index (χ4n) is 2.28. The van der Waals surface area contributed by atoms with Crippen molar-refractivity contribution in [2.75, 3.05) is 44.7 Å². The number of amides is 1. The quantitative estimate of drug-likeness (QED) is 0.618. The van der Waals surface area contributed by atoms with Gasteiger partial charge in [-0.25, -0.2) is 0 Å². The third-order valence-corrected chi connectivity index (χ3v) is 3.51. The van der Waals surface area contributed by atoms with Gasteiger partial charge in [0.25, 0.3) is 0 Å². The van der Waals surface area contributed by atoms with Gasteiger partial charge < -0.3 is 25.2 Å². The van der Waals surface area contributed by atoms with Crippen molar-refractivity contribution in [3.05, 3.63) is 28.4 Å². The first-order valence-corrected chi connectivity index (χ1v) is 6.89. The van der Waals surface area contributed by atoms with E-state index < -0.39 is 4.92 Å². The highest BCUT2D eigenvalue weighted by atomic mass is 16.6. The van der Waals surface area contributed by atoms with Gasteiger partial charge in [-0.05, 0) is 23.0 Å². The van der Waals surface area contributed by atoms with E-state index in [0.29, 0.717) is 39.1 Å². The number of pyridine rings is 1. The minimum Gasteiger partial charge on any atom is -0.365 e. The number of hydrogen-bond donors (Lipinski definition) is 1. The standard InChI is InChI=1S/C13H19N5O3/c1-14-5-4-13(19)17-8-6-16(7-9-17)11-2-3-12(15-10-11)18(20)21/h2-3,10,14H,4-9H2,1H3. The normalized spacial score (nSPS) is 15.1. The lowest BCUT2D eigenvalue weighted by molar-refractivity contribution is -0.389. The molecule has 0 unspecified atom stereocenters. The summed E-state index contributed by atoms with van der Waals surface area (Å²) in [5.74, 6) is 0.00505. The molecule has 0 aliphatic carbocycles. The van der Waals surface area contributed by atoms with Crippen LogP contribution < -0.4 is 10.2 Å². The van der Waals surface area contributed by atoms with E-state index in [1.165, 1.54) is 12.3 Å². The molecule has 2 rings (SSSR count). The summed E-state index contributed by atoms with van der Waals surface area (Å²) in [4.78, 5) is 29.7. The molecule has 1 fully saturated rings. The molecule has 1 aromatic heterocycles. The Morgan fingerprint density at radius 3 is 2.62 bits per heavy atom. The van der Waals surface area contributed by atoms with Crippen molar-refractivity contribution in [3.8, 4) is 0 Å². The second kappa shape index (κ2) is 6.98. The Balaban J connectivity index is 1.88. The Kier molecular flexibility index (Phi) is 5.04. The van der Waals surface area contributed by atoms with Gasteiger partial charge in [0.05, 0.1) is 5.69 Å². The summed E-state index contributed by atoms with van der Waals surface area (Å²) in [6, 6.07) is 3.10. The number of rotatable bonds is 5. The van der Waals surface area contributed by atoms with Crippen molar-refractivity contribution in [3.63, 3.8) is 0 Å². The Hall–Kier alpha value is -2.22. The molecule has 0 atom stereocenters. The third kappa shape index (κ3) is 3.88. The minimum absolute atomic E-state index is 0.153. The van der Waals surface area contributed by atoms with Gasteiger partial charge in [0, 0.05) is 45.2 Å². The van der Waals surface area contributed by atoms with E-state index in [4.69, 9.17) is 0 Å². The summed E-state index contributed by atoms with van der Waals surface area (Å²) in [7, 11) is 1.83. The summed E-state index contributed by atoms with van der Waals surface area (Å²) in [5.41, 5.74) is 0.850. The molecule has 1 aliphatic heterocycles. The van der Waals surface area contributed by atoms with E-state index in [2.05, 4.69) is 15.2 Å². The van der Waals surface area contributed by atoms with Crippen LogP contribution in [-0.4, -0.2) is 60.5 Å². The topological polar surface area (TPSA) is 91.6 Å². The second-order valence-corrected chi connectivity index (χ2v) is 4.85. The van der Waals surface area contributed by atoms with Gasteiger partial charge in [-0.15, -0.1) is 0 Å². The summed E-state index contributed by atoms with van der Waals surface area (Å²) >= 11 is 0. The Labute approximate surface area is 122 Å². The van der Waals surface area contributed by atoms with Crippen LogP contribution in [0, 0.1) is 10.1 Å². The van der Waals surface area contributed by atoms with Crippen LogP contribution in [0.5, 0.6) is 0 Å². The van der Waals surface area contributed by atoms with Crippen molar-refractivity contribution in [2.24, 2.45) is 0 Å². The highest BCUT2D eigenvalue weighted by Gasteiger charge is 2.21. The van der Waals surface area contributed by atoms with Crippen LogP contribution in [0.1, 0.15) is 6.42 Å². The fraction of sp³-hybridized carbons (Fsp3) is 0.538. The predicted molar refractivity (Wildman–Crippen MR) is 78.2 cm³/mol. The molecule has 1 saturated heterocycles. The van der Waals surface area contributed by atoms with Gasteiger partial charge in [0.1, 0.15) is 0 Å². The van der Waals surface area contributed by atoms with Crippen LogP contribution >= 0.6 is 0 Å². The molecule has 0 bridgehead atoms. The van der Waals surface area contributed by atoms with E-state index in [0.717, 1.165) is 5.69 Å². The van der Waals surface area contributed by atoms with Gasteiger partial charge in [-0.2, -0.15) is 0 Å². The smallest absolute Gasteiger partial charge is 0.363 e. The number of nitrogens with zero attached hydrogens (tertiary/aromatic N) is 4. The van der Waals surface area contributed by atoms with E-state index in [9.17, 15) is 14.9 Å². The number of hydrogen-bond acceptors (Lipinski definition) is 6. The first-order valence-electron chi connectivity index (χ1n) is 6.89. The van der Waals surface area contributed by atoms with Crippen molar-refractivity contribution < 1.29 is 9.72 Å². The van der Waals surface area contributed by atoms with Crippen LogP contribution in [0.15, 0.2) is 18.3 Å². The molecule has 1 aliphatic rings. The van der Waals surface area contributed by atoms with Gasteiger partial charge >= 0.3 is 5.82 Å². The summed E-state index contributed by atoms with van der Waals surface area (Å²) in [5, 5.41) is 13.5. The lowest BCUT2D eigenvalue weighted by Gasteiger charge is -2.35. The maximum Gasteiger partial charge on any atom is 0.363 e. The van der Waals surface area contributed by atoms with Gasteiger partial charge in [0.15, 0.2) is 6.20 Å². The largest absolute Gasteiger partial charge is 0.365 e. The van der Waals surface area contributed by atoms with E-state index in [-0.39, 0.29) is 11.7 Å². The molecule has 0 radical (unpaired) electrons. The molecule has 2 heterocycles. The first kappa shape index (κ1) is 15.2. The molecule has 0 aromatic carbocycles. The van der Waals surface area contributed by atoms with Crippen molar-refractivity contribution in [1.29, 1.82) is 0 Å². The molecule has 1 aromatic rings. The van der Waals surface area contributed by atoms with Crippen molar-refractivity contribution in [2.45, 2.75) is 6.42 Å². The second-order valence-electron chi connectivity index (χ2n) is 4.85. The average molecular weight is 293 g/mol. The summed E-state index contributed by atoms with van der Waals surface area (Å²) < 4.78 is 0. The number of aromatic nitrogens is 1. The highest BCUT2D eigenvalue weighted by Crippen LogP contribution is 2.18. The molecule has 21 heavy (non-hydrogen) atoms. The molecular formula is C13H19N5O3. The Bertz CT molecular complexity index is 497. The van der Waals surface area contributed by atoms with Crippen LogP contribution in [0.25, 0.3) is 0 Å². The van der Waals surface area contributed by atoms with E-state index in [1.54, 1.807) is 6.07 Å². The minimum atomic E-state index is -0.512. The molecule has 8 heteroatoms. The van der Waals surface area contributed by atoms with Crippen molar-refractivity contribution >= 4 is 17.4 Å². The Morgan fingerprint density at radius 2 is 2.10 bits per heavy atom. The van der Waals surface area contributed by atoms with Gasteiger partial charge in [-0.3, -0.25) is 4.79 Å². The highest BCUT2D eigenvalue weighted by molar-refractivity contribution is 5.76. The van der Waals surface area contributed by atoms with Crippen LogP contribution in [0.4, 0.5) is 11.5 Å². The monoisotopic (exact) mass is 293 g/mol. The maximum absolute atomic E-state index is 11.9. The van der Waals surface area contributed by atoms with Crippen LogP contribution in [-0.2, 0) is 4.79 Å². The number of carbonyl (C=O) groups excluding carboxylic acids is 1. The summed E-state index contributed by atoms with van der Waals surface area (Å²) in [6.45, 7) is 3.44. The number of carbonyl (C=O) groups is 1. The van der Waals surface area contributed by atoms with Crippen molar-refractivity contribution in [1.82, 2.24) is 15.2 Å². The molecule has 1 amide bonds. The molecule has 0 spiro atoms. The Morgan fingerprint density at radius 1 is 1.38 bits per heavy atom. The number of anilines is 1. The lowest BCUT2D eigenvalue weighted by Crippen LogP contribution is -2.49. The maximum atomic E-state index is 11.9. The molecule has 0 saturated carbocycles. The fourth-order valence-corrected chi connectivity index (χ4v) is 2.28. The number of nitrogens with one attached hydrogen (secondary N) is 1. The van der Waals surface area contributed by atoms with E-state index >= 15 is 0 Å². The molecular weight excluding hydrogens is 274 g/mol. The van der Waals surface area contributed by atoms with E-state index in [1.807, 2.05) is 11.9 Å². The average Bonchev–Trinajstić information content (AvgIpc) is 2.53. The van der Waals surface area contributed by atoms with Crippen LogP contribution in [0.3, 0.4) is 0 Å². The van der Waals surface area contributed by atoms with Gasteiger partial charge in [0.2, 0.25) is 5.91 Å². The molecule has 1 N–H and O–H groups in total. The first-order chi connectivity index (χ1) is 10.1. The van der Waals surface area contributed by atoms with Crippen LogP contribution in [0.2, 0.25) is 0 Å². The summed E-state index contributed by atoms with van der Waals surface area (Å²) in [6.07, 6.45) is 2.02. The predicted octanol–water partition coefficient (Wildman–Crippen LogP) is 0.248. The number of piperazine rings is 1. The molecule has 8 nitrogen and oxygen atoms in total. The lowest BCUT2D eigenvalue weighted by atomic mass is 10.2. The zero-order valence-corrected chi connectivity index (χ0v) is 12.0.